The molecule has 0 N–H and O–H groups in total. The Morgan fingerprint density at radius 3 is 0.556 bits per heavy atom. The molecule has 0 saturated carbocycles. The van der Waals surface area contributed by atoms with E-state index >= 15 is 0 Å². The van der Waals surface area contributed by atoms with Crippen LogP contribution in [0.4, 0.5) is 26.3 Å². The van der Waals surface area contributed by atoms with Crippen LogP contribution >= 0.6 is 0 Å². The second-order valence-electron chi connectivity index (χ2n) is 0.495. The van der Waals surface area contributed by atoms with Crippen molar-refractivity contribution in [1.29, 1.82) is 0 Å². The first-order chi connectivity index (χ1) is 3.46. The zero-order valence-corrected chi connectivity index (χ0v) is 7.10. The van der Waals surface area contributed by atoms with E-state index in [1.54, 1.807) is 0 Å². The van der Waals surface area contributed by atoms with Gasteiger partial charge in [-0.05, 0) is 0 Å². The summed E-state index contributed by atoms with van der Waals surface area (Å²) in [6.07, 6.45) is 0. The zero-order valence-electron chi connectivity index (χ0n) is 4.13. The van der Waals surface area contributed by atoms with Gasteiger partial charge in [-0.15, -0.1) is 0 Å². The molecule has 0 aliphatic rings. The summed E-state index contributed by atoms with van der Waals surface area (Å²) in [5.41, 5.74) is 0. The third-order valence-corrected chi connectivity index (χ3v) is 0. The number of halogens is 6. The largest absolute Gasteiger partial charge is 0.379 e. The molecule has 0 aliphatic heterocycles. The van der Waals surface area contributed by atoms with Crippen LogP contribution in [0.2, 0.25) is 0 Å². The van der Waals surface area contributed by atoms with Crippen LogP contribution < -0.4 is 0 Å². The minimum Gasteiger partial charge on any atom is -0.174 e. The molecule has 0 spiro atoms. The fraction of sp³-hybridized carbons (Fsp3) is 1.00. The molecule has 0 aromatic carbocycles. The molecule has 7 heteroatoms. The molecule has 0 aromatic rings. The number of hydrogen-bond donors (Lipinski definition) is 0. The molecule has 0 unspecified atom stereocenters. The van der Waals surface area contributed by atoms with E-state index in [0.29, 0.717) is 0 Å². The molecule has 0 aromatic heterocycles. The Balaban J connectivity index is -0.0000000720. The third-order valence-electron chi connectivity index (χ3n) is 0. The average Bonchev–Trinajstić information content (AvgIpc) is 1.25. The van der Waals surface area contributed by atoms with Crippen LogP contribution in [0.3, 0.4) is 0 Å². The summed E-state index contributed by atoms with van der Waals surface area (Å²) in [5, 5.41) is 0. The molecule has 0 amide bonds. The molecular weight excluding hydrogens is 203 g/mol. The SMILES string of the molecule is FC(F)F.FC(F)F.[Zn]. The van der Waals surface area contributed by atoms with Crippen molar-refractivity contribution in [3.8, 4) is 0 Å². The Hall–Kier alpha value is 0.203. The fourth-order valence-corrected chi connectivity index (χ4v) is 0. The van der Waals surface area contributed by atoms with E-state index in [1.165, 1.54) is 0 Å². The first-order valence-electron chi connectivity index (χ1n) is 1.31. The summed E-state index contributed by atoms with van der Waals surface area (Å²) in [6, 6.07) is 0. The van der Waals surface area contributed by atoms with Gasteiger partial charge < -0.3 is 0 Å². The van der Waals surface area contributed by atoms with E-state index < -0.39 is 13.4 Å². The summed E-state index contributed by atoms with van der Waals surface area (Å²) in [5.74, 6) is 0. The molecule has 0 fully saturated rings. The van der Waals surface area contributed by atoms with Crippen molar-refractivity contribution in [2.24, 2.45) is 0 Å². The van der Waals surface area contributed by atoms with Gasteiger partial charge in [-0.1, -0.05) is 0 Å². The Bertz CT molecular complexity index is 26.5. The predicted molar refractivity (Wildman–Crippen MR) is 14.2 cm³/mol. The number of rotatable bonds is 0. The smallest absolute Gasteiger partial charge is 0.174 e. The molecule has 54 valence electrons. The van der Waals surface area contributed by atoms with Gasteiger partial charge >= 0.3 is 13.4 Å². The zero-order chi connectivity index (χ0) is 7.15. The Morgan fingerprint density at radius 1 is 0.556 bits per heavy atom. The van der Waals surface area contributed by atoms with Gasteiger partial charge in [0.1, 0.15) is 0 Å². The topological polar surface area (TPSA) is 0 Å². The second kappa shape index (κ2) is 11.1. The predicted octanol–water partition coefficient (Wildman–Crippen LogP) is 2.35. The molecule has 0 atom stereocenters. The van der Waals surface area contributed by atoms with Crippen LogP contribution in [0.5, 0.6) is 0 Å². The maximum Gasteiger partial charge on any atom is 0.379 e. The van der Waals surface area contributed by atoms with Crippen molar-refractivity contribution in [3.63, 3.8) is 0 Å². The first-order valence-corrected chi connectivity index (χ1v) is 1.31. The molecule has 0 aliphatic carbocycles. The molecule has 0 nitrogen and oxygen atoms in total. The van der Waals surface area contributed by atoms with Gasteiger partial charge in [0.2, 0.25) is 0 Å². The Kier molecular flexibility index (Phi) is 19.8. The van der Waals surface area contributed by atoms with Gasteiger partial charge in [-0.25, -0.2) is 0 Å². The van der Waals surface area contributed by atoms with Crippen LogP contribution in [0.1, 0.15) is 0 Å². The Morgan fingerprint density at radius 2 is 0.556 bits per heavy atom. The van der Waals surface area contributed by atoms with Crippen molar-refractivity contribution in [1.82, 2.24) is 0 Å². The van der Waals surface area contributed by atoms with Gasteiger partial charge in [0.25, 0.3) is 0 Å². The summed E-state index contributed by atoms with van der Waals surface area (Å²) in [7, 11) is 0. The van der Waals surface area contributed by atoms with Crippen molar-refractivity contribution in [2.75, 3.05) is 0 Å². The van der Waals surface area contributed by atoms with Crippen LogP contribution in [0, 0.1) is 0 Å². The van der Waals surface area contributed by atoms with Gasteiger partial charge in [0, 0.05) is 19.5 Å². The summed E-state index contributed by atoms with van der Waals surface area (Å²) < 4.78 is 58.0. The van der Waals surface area contributed by atoms with E-state index in [1.807, 2.05) is 0 Å². The molecular formula is C2H2F6Zn. The molecule has 0 heterocycles. The maximum atomic E-state index is 9.67. The van der Waals surface area contributed by atoms with E-state index in [2.05, 4.69) is 0 Å². The molecule has 0 saturated heterocycles. The van der Waals surface area contributed by atoms with Crippen LogP contribution in [-0.4, -0.2) is 13.4 Å². The van der Waals surface area contributed by atoms with Gasteiger partial charge in [0.15, 0.2) is 0 Å². The average molecular weight is 205 g/mol. The quantitative estimate of drug-likeness (QED) is 0.421. The van der Waals surface area contributed by atoms with Crippen molar-refractivity contribution in [2.45, 2.75) is 13.4 Å². The number of alkyl halides is 6. The van der Waals surface area contributed by atoms with Gasteiger partial charge in [0.05, 0.1) is 0 Å². The normalized spacial score (nSPS) is 8.00. The van der Waals surface area contributed by atoms with Crippen molar-refractivity contribution < 1.29 is 45.8 Å². The summed E-state index contributed by atoms with van der Waals surface area (Å²) in [4.78, 5) is 0. The first kappa shape index (κ1) is 16.1. The summed E-state index contributed by atoms with van der Waals surface area (Å²) >= 11 is 0. The van der Waals surface area contributed by atoms with Gasteiger partial charge in [-0.2, -0.15) is 26.3 Å². The van der Waals surface area contributed by atoms with Crippen LogP contribution in [0.15, 0.2) is 0 Å². The third kappa shape index (κ3) is 7630. The second-order valence-corrected chi connectivity index (χ2v) is 0.495. The fourth-order valence-electron chi connectivity index (χ4n) is 0. The molecule has 0 rings (SSSR count). The minimum absolute atomic E-state index is 0. The molecule has 9 heavy (non-hydrogen) atoms. The minimum atomic E-state index is -3.67. The van der Waals surface area contributed by atoms with Crippen molar-refractivity contribution >= 4 is 0 Å². The Labute approximate surface area is 60.0 Å². The van der Waals surface area contributed by atoms with Gasteiger partial charge in [-0.3, -0.25) is 0 Å². The van der Waals surface area contributed by atoms with E-state index in [4.69, 9.17) is 0 Å². The monoisotopic (exact) mass is 204 g/mol. The van der Waals surface area contributed by atoms with E-state index in [9.17, 15) is 26.3 Å². The maximum absolute atomic E-state index is 9.67. The summed E-state index contributed by atoms with van der Waals surface area (Å²) in [6.45, 7) is -7.33. The molecule has 0 radical (unpaired) electrons. The van der Waals surface area contributed by atoms with Crippen LogP contribution in [0.25, 0.3) is 0 Å². The van der Waals surface area contributed by atoms with E-state index in [0.717, 1.165) is 0 Å². The van der Waals surface area contributed by atoms with E-state index in [-0.39, 0.29) is 19.5 Å². The van der Waals surface area contributed by atoms with Crippen molar-refractivity contribution in [3.05, 3.63) is 0 Å². The van der Waals surface area contributed by atoms with Crippen LogP contribution in [-0.2, 0) is 19.5 Å². The number of hydrogen-bond acceptors (Lipinski definition) is 0. The molecule has 0 bridgehead atoms. The standard InChI is InChI=1S/2CHF3.Zn/c2*2-1(3)4;/h2*1H;.